The number of nitrogens with one attached hydrogen (secondary N) is 2. The van der Waals surface area contributed by atoms with Gasteiger partial charge in [0, 0.05) is 19.3 Å². The van der Waals surface area contributed by atoms with E-state index in [0.29, 0.717) is 17.8 Å². The number of aryl methyl sites for hydroxylation is 3. The van der Waals surface area contributed by atoms with E-state index in [-0.39, 0.29) is 5.91 Å². The predicted molar refractivity (Wildman–Crippen MR) is 120 cm³/mol. The van der Waals surface area contributed by atoms with Crippen molar-refractivity contribution in [3.8, 4) is 0 Å². The molecule has 0 bridgehead atoms. The van der Waals surface area contributed by atoms with E-state index in [1.54, 1.807) is 10.7 Å². The number of pyridine rings is 1. The number of amides is 2. The van der Waals surface area contributed by atoms with Crippen molar-refractivity contribution in [3.63, 3.8) is 0 Å². The minimum atomic E-state index is -0.572. The highest BCUT2D eigenvalue weighted by molar-refractivity contribution is 6.06. The lowest BCUT2D eigenvalue weighted by Gasteiger charge is -2.35. The molecule has 1 saturated carbocycles. The second kappa shape index (κ2) is 8.85. The van der Waals surface area contributed by atoms with Gasteiger partial charge >= 0.3 is 6.09 Å². The number of aromatic nitrogens is 3. The van der Waals surface area contributed by atoms with Crippen LogP contribution in [0.1, 0.15) is 81.0 Å². The van der Waals surface area contributed by atoms with E-state index in [1.165, 1.54) is 0 Å². The van der Waals surface area contributed by atoms with Gasteiger partial charge in [-0.25, -0.2) is 9.78 Å². The molecule has 0 aromatic carbocycles. The molecule has 0 radical (unpaired) electrons. The van der Waals surface area contributed by atoms with E-state index in [4.69, 9.17) is 4.74 Å². The molecule has 1 aliphatic carbocycles. The number of nitrogens with zero attached hydrogens (tertiary/aromatic N) is 3. The van der Waals surface area contributed by atoms with Crippen LogP contribution >= 0.6 is 0 Å². The normalized spacial score (nSPS) is 16.6. The second-order valence-electron chi connectivity index (χ2n) is 9.72. The van der Waals surface area contributed by atoms with Crippen LogP contribution in [0.25, 0.3) is 11.0 Å². The summed E-state index contributed by atoms with van der Waals surface area (Å²) in [7, 11) is 1.83. The van der Waals surface area contributed by atoms with Gasteiger partial charge in [0.25, 0.3) is 5.91 Å². The largest absolute Gasteiger partial charge is 0.444 e. The maximum Gasteiger partial charge on any atom is 0.408 e. The molecule has 1 aliphatic rings. The monoisotopic (exact) mass is 429 g/mol. The van der Waals surface area contributed by atoms with Gasteiger partial charge in [-0.3, -0.25) is 9.48 Å². The van der Waals surface area contributed by atoms with Gasteiger partial charge in [0.1, 0.15) is 5.60 Å². The zero-order chi connectivity index (χ0) is 22.8. The Labute approximate surface area is 184 Å². The van der Waals surface area contributed by atoms with E-state index >= 15 is 0 Å². The Hall–Kier alpha value is -2.64. The Morgan fingerprint density at radius 3 is 2.42 bits per heavy atom. The number of fused-ring (bicyclic) bond motifs is 1. The summed E-state index contributed by atoms with van der Waals surface area (Å²) in [5, 5.41) is 11.4. The van der Waals surface area contributed by atoms with Crippen LogP contribution in [0.2, 0.25) is 0 Å². The van der Waals surface area contributed by atoms with Crippen LogP contribution in [0.5, 0.6) is 0 Å². The van der Waals surface area contributed by atoms with Gasteiger partial charge < -0.3 is 15.4 Å². The lowest BCUT2D eigenvalue weighted by Crippen LogP contribution is -2.56. The average molecular weight is 430 g/mol. The summed E-state index contributed by atoms with van der Waals surface area (Å²) in [5.74, 6) is -0.179. The molecule has 31 heavy (non-hydrogen) atoms. The van der Waals surface area contributed by atoms with Crippen LogP contribution in [0.4, 0.5) is 4.79 Å². The summed E-state index contributed by atoms with van der Waals surface area (Å²) in [4.78, 5) is 30.3. The van der Waals surface area contributed by atoms with Crippen LogP contribution in [-0.4, -0.2) is 44.4 Å². The average Bonchev–Trinajstić information content (AvgIpc) is 2.82. The zero-order valence-electron chi connectivity index (χ0n) is 19.6. The number of alkyl carbamates (subject to hydrolysis) is 1. The van der Waals surface area contributed by atoms with Gasteiger partial charge in [0.15, 0.2) is 5.65 Å². The molecule has 2 amide bonds. The van der Waals surface area contributed by atoms with Gasteiger partial charge in [-0.05, 0) is 53.5 Å². The van der Waals surface area contributed by atoms with Crippen molar-refractivity contribution in [2.75, 3.05) is 6.54 Å². The highest BCUT2D eigenvalue weighted by atomic mass is 16.6. The lowest BCUT2D eigenvalue weighted by atomic mass is 9.90. The maximum atomic E-state index is 13.2. The molecule has 1 fully saturated rings. The second-order valence-corrected chi connectivity index (χ2v) is 9.72. The minimum Gasteiger partial charge on any atom is -0.444 e. The van der Waals surface area contributed by atoms with Crippen LogP contribution in [0.3, 0.4) is 0 Å². The van der Waals surface area contributed by atoms with Crippen LogP contribution < -0.4 is 10.6 Å². The van der Waals surface area contributed by atoms with E-state index in [0.717, 1.165) is 55.3 Å². The number of hydrogen-bond acceptors (Lipinski definition) is 5. The SMILES string of the molecule is Cc1cc(C(=O)NCC2(NC(=O)OC(C)(C)C)CCCCCC2)c2c(C)nn(C)c2n1. The molecule has 0 aliphatic heterocycles. The van der Waals surface area contributed by atoms with Gasteiger partial charge in [0.2, 0.25) is 0 Å². The summed E-state index contributed by atoms with van der Waals surface area (Å²) in [5.41, 5.74) is 1.70. The molecule has 2 heterocycles. The molecule has 0 saturated heterocycles. The summed E-state index contributed by atoms with van der Waals surface area (Å²) in [6.45, 7) is 9.65. The molecule has 2 aromatic rings. The van der Waals surface area contributed by atoms with Crippen LogP contribution in [-0.2, 0) is 11.8 Å². The Morgan fingerprint density at radius 2 is 1.81 bits per heavy atom. The van der Waals surface area contributed by atoms with Crippen LogP contribution in [0.15, 0.2) is 6.07 Å². The fourth-order valence-corrected chi connectivity index (χ4v) is 4.37. The smallest absolute Gasteiger partial charge is 0.408 e. The van der Waals surface area contributed by atoms with Crippen molar-refractivity contribution < 1.29 is 14.3 Å². The Morgan fingerprint density at radius 1 is 1.16 bits per heavy atom. The number of ether oxygens (including phenoxy) is 1. The molecular formula is C23H35N5O3. The summed E-state index contributed by atoms with van der Waals surface area (Å²) >= 11 is 0. The lowest BCUT2D eigenvalue weighted by molar-refractivity contribution is 0.0437. The van der Waals surface area contributed by atoms with E-state index < -0.39 is 17.2 Å². The van der Waals surface area contributed by atoms with Crippen molar-refractivity contribution >= 4 is 23.0 Å². The standard InChI is InChI=1S/C23H35N5O3/c1-15-13-17(18-16(2)27-28(6)19(18)25-15)20(29)24-14-23(11-9-7-8-10-12-23)26-21(30)31-22(3,4)5/h13H,7-12,14H2,1-6H3,(H,24,29)(H,26,30). The van der Waals surface area contributed by atoms with Gasteiger partial charge in [-0.2, -0.15) is 5.10 Å². The third-order valence-electron chi connectivity index (χ3n) is 5.76. The van der Waals surface area contributed by atoms with E-state index in [1.807, 2.05) is 41.7 Å². The van der Waals surface area contributed by atoms with E-state index in [2.05, 4.69) is 20.7 Å². The molecule has 8 heteroatoms. The molecular weight excluding hydrogens is 394 g/mol. The first-order chi connectivity index (χ1) is 14.5. The molecule has 170 valence electrons. The third kappa shape index (κ3) is 5.54. The van der Waals surface area contributed by atoms with Crippen molar-refractivity contribution in [1.29, 1.82) is 0 Å². The molecule has 2 N–H and O–H groups in total. The minimum absolute atomic E-state index is 0.179. The first kappa shape index (κ1) is 23.0. The quantitative estimate of drug-likeness (QED) is 0.718. The highest BCUT2D eigenvalue weighted by Gasteiger charge is 2.35. The summed E-state index contributed by atoms with van der Waals surface area (Å²) < 4.78 is 7.21. The number of hydrogen-bond donors (Lipinski definition) is 2. The molecule has 8 nitrogen and oxygen atoms in total. The van der Waals surface area contributed by atoms with Crippen molar-refractivity contribution in [2.45, 2.75) is 84.3 Å². The van der Waals surface area contributed by atoms with Crippen LogP contribution in [0, 0.1) is 13.8 Å². The highest BCUT2D eigenvalue weighted by Crippen LogP contribution is 2.28. The topological polar surface area (TPSA) is 98.1 Å². The Balaban J connectivity index is 1.82. The Kier molecular flexibility index (Phi) is 6.57. The first-order valence-electron chi connectivity index (χ1n) is 11.1. The molecule has 2 aromatic heterocycles. The van der Waals surface area contributed by atoms with Crippen molar-refractivity contribution in [1.82, 2.24) is 25.4 Å². The van der Waals surface area contributed by atoms with Gasteiger partial charge in [-0.1, -0.05) is 25.7 Å². The van der Waals surface area contributed by atoms with Gasteiger partial charge in [-0.15, -0.1) is 0 Å². The zero-order valence-corrected chi connectivity index (χ0v) is 19.6. The fraction of sp³-hybridized carbons (Fsp3) is 0.652. The summed E-state index contributed by atoms with van der Waals surface area (Å²) in [6, 6.07) is 1.80. The summed E-state index contributed by atoms with van der Waals surface area (Å²) in [6.07, 6.45) is 5.45. The molecule has 0 spiro atoms. The molecule has 0 atom stereocenters. The Bertz CT molecular complexity index is 966. The number of carbonyl (C=O) groups excluding carboxylic acids is 2. The van der Waals surface area contributed by atoms with Crippen molar-refractivity contribution in [2.24, 2.45) is 7.05 Å². The number of rotatable bonds is 4. The third-order valence-corrected chi connectivity index (χ3v) is 5.76. The number of carbonyl (C=O) groups is 2. The maximum absolute atomic E-state index is 13.2. The van der Waals surface area contributed by atoms with Gasteiger partial charge in [0.05, 0.1) is 22.2 Å². The first-order valence-corrected chi connectivity index (χ1v) is 11.1. The van der Waals surface area contributed by atoms with Crippen molar-refractivity contribution in [3.05, 3.63) is 23.0 Å². The fourth-order valence-electron chi connectivity index (χ4n) is 4.37. The van der Waals surface area contributed by atoms with E-state index in [9.17, 15) is 9.59 Å². The predicted octanol–water partition coefficient (Wildman–Crippen LogP) is 3.93. The molecule has 3 rings (SSSR count). The molecule has 0 unspecified atom stereocenters.